The van der Waals surface area contributed by atoms with Crippen molar-refractivity contribution in [2.75, 3.05) is 24.5 Å². The van der Waals surface area contributed by atoms with Crippen LogP contribution in [0.5, 0.6) is 11.5 Å². The summed E-state index contributed by atoms with van der Waals surface area (Å²) in [5, 5.41) is 6.59. The Morgan fingerprint density at radius 3 is 2.53 bits per heavy atom. The molecule has 1 aromatic heterocycles. The second kappa shape index (κ2) is 10.8. The molecule has 0 aliphatic carbocycles. The third kappa shape index (κ3) is 6.82. The number of hydrogen-bond acceptors (Lipinski definition) is 6. The minimum Gasteiger partial charge on any atom is -0.493 e. The summed E-state index contributed by atoms with van der Waals surface area (Å²) in [7, 11) is 1.38. The van der Waals surface area contributed by atoms with E-state index in [0.29, 0.717) is 17.4 Å². The summed E-state index contributed by atoms with van der Waals surface area (Å²) in [6, 6.07) is 10.3. The average Bonchev–Trinajstić information content (AvgIpc) is 2.79. The first kappa shape index (κ1) is 24.8. The number of nitrogens with zero attached hydrogens (tertiary/aromatic N) is 2. The van der Waals surface area contributed by atoms with Gasteiger partial charge in [-0.1, -0.05) is 11.6 Å². The molecule has 1 heterocycles. The summed E-state index contributed by atoms with van der Waals surface area (Å²) in [5.41, 5.74) is 2.51. The zero-order valence-corrected chi connectivity index (χ0v) is 18.2. The van der Waals surface area contributed by atoms with E-state index in [0.717, 1.165) is 12.1 Å². The van der Waals surface area contributed by atoms with Crippen molar-refractivity contribution in [2.45, 2.75) is 6.18 Å². The van der Waals surface area contributed by atoms with E-state index in [1.54, 1.807) is 0 Å². The molecule has 3 aromatic rings. The quantitative estimate of drug-likeness (QED) is 0.249. The standard InChI is InChI=1S/C22H17ClF4N4O3/c1-33-18-9-13(10-29-31-19-7-2-14(11-28-19)22(25,26)27)8-17(23)21(18)34-12-20(32)30-16-5-3-15(24)4-6-16/h2-11H,12H2,1H3,(H,28,31)(H,30,32)/b29-10-. The van der Waals surface area contributed by atoms with E-state index in [1.807, 2.05) is 0 Å². The van der Waals surface area contributed by atoms with Gasteiger partial charge in [-0.05, 0) is 54.1 Å². The monoisotopic (exact) mass is 496 g/mol. The van der Waals surface area contributed by atoms with Crippen molar-refractivity contribution in [3.63, 3.8) is 0 Å². The summed E-state index contributed by atoms with van der Waals surface area (Å²) in [6.07, 6.45) is -2.44. The lowest BCUT2D eigenvalue weighted by atomic mass is 10.2. The third-order valence-corrected chi connectivity index (χ3v) is 4.49. The lowest BCUT2D eigenvalue weighted by Gasteiger charge is -2.13. The molecule has 2 aromatic carbocycles. The molecule has 7 nitrogen and oxygen atoms in total. The molecule has 34 heavy (non-hydrogen) atoms. The number of halogens is 5. The maximum Gasteiger partial charge on any atom is 0.417 e. The van der Waals surface area contributed by atoms with Gasteiger partial charge in [-0.3, -0.25) is 10.2 Å². The first-order chi connectivity index (χ1) is 16.2. The maximum absolute atomic E-state index is 13.0. The molecule has 3 rings (SSSR count). The molecule has 0 radical (unpaired) electrons. The first-order valence-corrected chi connectivity index (χ1v) is 9.91. The van der Waals surface area contributed by atoms with E-state index < -0.39 is 23.5 Å². The fourth-order valence-electron chi connectivity index (χ4n) is 2.62. The second-order valence-corrected chi connectivity index (χ2v) is 7.08. The van der Waals surface area contributed by atoms with Gasteiger partial charge in [0.2, 0.25) is 0 Å². The SMILES string of the molecule is COc1cc(/C=N\Nc2ccc(C(F)(F)F)cn2)cc(Cl)c1OCC(=O)Nc1ccc(F)cc1. The molecule has 0 saturated heterocycles. The summed E-state index contributed by atoms with van der Waals surface area (Å²) >= 11 is 6.25. The van der Waals surface area contributed by atoms with E-state index in [-0.39, 0.29) is 28.9 Å². The molecular formula is C22H17ClF4N4O3. The molecule has 0 fully saturated rings. The summed E-state index contributed by atoms with van der Waals surface area (Å²) in [4.78, 5) is 15.7. The number of methoxy groups -OCH3 is 1. The lowest BCUT2D eigenvalue weighted by Crippen LogP contribution is -2.20. The van der Waals surface area contributed by atoms with Crippen molar-refractivity contribution in [3.8, 4) is 11.5 Å². The number of ether oxygens (including phenoxy) is 2. The Bertz CT molecular complexity index is 1170. The predicted octanol–water partition coefficient (Wildman–Crippen LogP) is 5.37. The molecule has 0 aliphatic heterocycles. The molecule has 0 aliphatic rings. The van der Waals surface area contributed by atoms with Gasteiger partial charge >= 0.3 is 6.18 Å². The number of alkyl halides is 3. The summed E-state index contributed by atoms with van der Waals surface area (Å²) in [6.45, 7) is -0.387. The first-order valence-electron chi connectivity index (χ1n) is 9.54. The van der Waals surface area contributed by atoms with Crippen molar-refractivity contribution in [2.24, 2.45) is 5.10 Å². The topological polar surface area (TPSA) is 84.8 Å². The lowest BCUT2D eigenvalue weighted by molar-refractivity contribution is -0.137. The van der Waals surface area contributed by atoms with Crippen LogP contribution in [0.1, 0.15) is 11.1 Å². The van der Waals surface area contributed by atoms with Gasteiger partial charge in [-0.2, -0.15) is 18.3 Å². The van der Waals surface area contributed by atoms with Crippen molar-refractivity contribution in [1.82, 2.24) is 4.98 Å². The molecule has 1 amide bonds. The van der Waals surface area contributed by atoms with Crippen LogP contribution in [0.15, 0.2) is 59.8 Å². The fourth-order valence-corrected chi connectivity index (χ4v) is 2.90. The minimum absolute atomic E-state index is 0.106. The third-order valence-electron chi connectivity index (χ3n) is 4.21. The van der Waals surface area contributed by atoms with Crippen LogP contribution < -0.4 is 20.2 Å². The van der Waals surface area contributed by atoms with Crippen molar-refractivity contribution in [1.29, 1.82) is 0 Å². The van der Waals surface area contributed by atoms with Crippen LogP contribution >= 0.6 is 11.6 Å². The van der Waals surface area contributed by atoms with Gasteiger partial charge in [0.15, 0.2) is 18.1 Å². The minimum atomic E-state index is -4.48. The number of benzene rings is 2. The number of rotatable bonds is 8. The number of aromatic nitrogens is 1. The van der Waals surface area contributed by atoms with Crippen LogP contribution in [-0.2, 0) is 11.0 Å². The number of amides is 1. The largest absolute Gasteiger partial charge is 0.493 e. The predicted molar refractivity (Wildman–Crippen MR) is 119 cm³/mol. The van der Waals surface area contributed by atoms with E-state index >= 15 is 0 Å². The molecule has 178 valence electrons. The number of carbonyl (C=O) groups is 1. The highest BCUT2D eigenvalue weighted by Gasteiger charge is 2.30. The molecular weight excluding hydrogens is 480 g/mol. The molecule has 2 N–H and O–H groups in total. The highest BCUT2D eigenvalue weighted by atomic mass is 35.5. The van der Waals surface area contributed by atoms with Gasteiger partial charge in [0.05, 0.1) is 23.9 Å². The van der Waals surface area contributed by atoms with Crippen LogP contribution in [0.3, 0.4) is 0 Å². The molecule has 0 bridgehead atoms. The van der Waals surface area contributed by atoms with Gasteiger partial charge < -0.3 is 14.8 Å². The van der Waals surface area contributed by atoms with E-state index in [2.05, 4.69) is 20.8 Å². The summed E-state index contributed by atoms with van der Waals surface area (Å²) < 4.78 is 61.4. The highest BCUT2D eigenvalue weighted by Crippen LogP contribution is 2.36. The normalized spacial score (nSPS) is 11.4. The van der Waals surface area contributed by atoms with Gasteiger partial charge in [-0.25, -0.2) is 9.37 Å². The highest BCUT2D eigenvalue weighted by molar-refractivity contribution is 6.32. The number of carbonyl (C=O) groups excluding carboxylic acids is 1. The number of hydrogen-bond donors (Lipinski definition) is 2. The number of hydrazone groups is 1. The molecule has 0 spiro atoms. The van der Waals surface area contributed by atoms with Crippen molar-refractivity contribution in [3.05, 3.63) is 76.7 Å². The van der Waals surface area contributed by atoms with Crippen LogP contribution in [0.2, 0.25) is 5.02 Å². The van der Waals surface area contributed by atoms with Crippen LogP contribution in [0.4, 0.5) is 29.1 Å². The molecule has 0 atom stereocenters. The van der Waals surface area contributed by atoms with E-state index in [9.17, 15) is 22.4 Å². The van der Waals surface area contributed by atoms with Gasteiger partial charge in [0.1, 0.15) is 11.6 Å². The van der Waals surface area contributed by atoms with Crippen molar-refractivity contribution < 1.29 is 31.8 Å². The zero-order valence-electron chi connectivity index (χ0n) is 17.5. The maximum atomic E-state index is 13.0. The fraction of sp³-hybridized carbons (Fsp3) is 0.136. The Morgan fingerprint density at radius 2 is 1.91 bits per heavy atom. The van der Waals surface area contributed by atoms with E-state index in [4.69, 9.17) is 21.1 Å². The Morgan fingerprint density at radius 1 is 1.18 bits per heavy atom. The van der Waals surface area contributed by atoms with Gasteiger partial charge in [0, 0.05) is 11.9 Å². The van der Waals surface area contributed by atoms with Crippen LogP contribution in [-0.4, -0.2) is 30.8 Å². The Kier molecular flexibility index (Phi) is 7.90. The molecule has 0 unspecified atom stereocenters. The number of pyridine rings is 1. The van der Waals surface area contributed by atoms with Gasteiger partial charge in [-0.15, -0.1) is 0 Å². The average molecular weight is 497 g/mol. The summed E-state index contributed by atoms with van der Waals surface area (Å²) in [5.74, 6) is -0.484. The molecule has 12 heteroatoms. The Hall–Kier alpha value is -3.86. The smallest absolute Gasteiger partial charge is 0.417 e. The van der Waals surface area contributed by atoms with Crippen LogP contribution in [0, 0.1) is 5.82 Å². The number of anilines is 2. The molecule has 0 saturated carbocycles. The van der Waals surface area contributed by atoms with E-state index in [1.165, 1.54) is 49.7 Å². The Labute approximate surface area is 196 Å². The second-order valence-electron chi connectivity index (χ2n) is 6.68. The zero-order chi connectivity index (χ0) is 24.7. The van der Waals surface area contributed by atoms with Crippen LogP contribution in [0.25, 0.3) is 0 Å². The van der Waals surface area contributed by atoms with Crippen molar-refractivity contribution >= 4 is 35.2 Å². The Balaban J connectivity index is 1.62. The van der Waals surface area contributed by atoms with Gasteiger partial charge in [0.25, 0.3) is 5.91 Å². The number of nitrogens with one attached hydrogen (secondary N) is 2.